The van der Waals surface area contributed by atoms with E-state index in [1.54, 1.807) is 12.1 Å². The van der Waals surface area contributed by atoms with Crippen LogP contribution in [-0.2, 0) is 0 Å². The molecule has 3 rings (SSSR count). The lowest BCUT2D eigenvalue weighted by atomic mass is 10.1. The molecule has 1 aromatic heterocycles. The van der Waals surface area contributed by atoms with Gasteiger partial charge in [0.2, 0.25) is 5.82 Å². The summed E-state index contributed by atoms with van der Waals surface area (Å²) in [4.78, 5) is 4.39. The van der Waals surface area contributed by atoms with E-state index in [9.17, 15) is 5.11 Å². The van der Waals surface area contributed by atoms with Gasteiger partial charge in [-0.1, -0.05) is 39.3 Å². The van der Waals surface area contributed by atoms with Crippen molar-refractivity contribution in [2.24, 2.45) is 0 Å². The van der Waals surface area contributed by atoms with E-state index in [0.717, 1.165) is 21.2 Å². The van der Waals surface area contributed by atoms with Crippen LogP contribution in [0.3, 0.4) is 0 Å². The molecular formula is C15H11BrN2O2. The van der Waals surface area contributed by atoms with Crippen LogP contribution in [-0.4, -0.2) is 15.2 Å². The molecule has 0 bridgehead atoms. The molecule has 3 aromatic rings. The number of halogens is 1. The van der Waals surface area contributed by atoms with Crippen LogP contribution in [0.15, 0.2) is 51.5 Å². The number of phenols is 1. The van der Waals surface area contributed by atoms with Gasteiger partial charge in [0, 0.05) is 21.2 Å². The van der Waals surface area contributed by atoms with Gasteiger partial charge < -0.3 is 9.63 Å². The zero-order valence-electron chi connectivity index (χ0n) is 10.7. The number of nitrogens with zero attached hydrogens (tertiary/aromatic N) is 2. The largest absolute Gasteiger partial charge is 0.508 e. The number of aromatic hydroxyl groups is 1. The molecule has 0 fully saturated rings. The van der Waals surface area contributed by atoms with Crippen molar-refractivity contribution >= 4 is 15.9 Å². The van der Waals surface area contributed by atoms with E-state index in [1.165, 1.54) is 0 Å². The number of hydrogen-bond donors (Lipinski definition) is 1. The van der Waals surface area contributed by atoms with Crippen molar-refractivity contribution in [3.8, 4) is 28.6 Å². The van der Waals surface area contributed by atoms with E-state index in [0.29, 0.717) is 11.7 Å². The quantitative estimate of drug-likeness (QED) is 0.765. The minimum Gasteiger partial charge on any atom is -0.508 e. The van der Waals surface area contributed by atoms with Crippen molar-refractivity contribution in [1.82, 2.24) is 10.1 Å². The van der Waals surface area contributed by atoms with E-state index in [-0.39, 0.29) is 5.75 Å². The summed E-state index contributed by atoms with van der Waals surface area (Å²) in [5, 5.41) is 13.7. The highest BCUT2D eigenvalue weighted by molar-refractivity contribution is 9.10. The summed E-state index contributed by atoms with van der Waals surface area (Å²) in [7, 11) is 0. The van der Waals surface area contributed by atoms with Crippen molar-refractivity contribution in [1.29, 1.82) is 0 Å². The summed E-state index contributed by atoms with van der Waals surface area (Å²) in [6.45, 7) is 1.81. The van der Waals surface area contributed by atoms with Crippen LogP contribution in [0.1, 0.15) is 5.56 Å². The molecule has 0 amide bonds. The number of aromatic nitrogens is 2. The first-order chi connectivity index (χ1) is 9.66. The lowest BCUT2D eigenvalue weighted by Crippen LogP contribution is -1.85. The maximum absolute atomic E-state index is 9.73. The Balaban J connectivity index is 2.07. The Morgan fingerprint density at radius 3 is 2.60 bits per heavy atom. The van der Waals surface area contributed by atoms with Gasteiger partial charge in [0.25, 0.3) is 5.89 Å². The third-order valence-corrected chi connectivity index (χ3v) is 3.77. The number of phenolic OH excluding ortho intramolecular Hbond substituents is 1. The molecule has 1 N–H and O–H groups in total. The molecule has 0 saturated heterocycles. The lowest BCUT2D eigenvalue weighted by Gasteiger charge is -2.02. The van der Waals surface area contributed by atoms with Crippen molar-refractivity contribution in [2.75, 3.05) is 0 Å². The summed E-state index contributed by atoms with van der Waals surface area (Å²) in [5.74, 6) is 1.11. The fraction of sp³-hybridized carbons (Fsp3) is 0.0667. The fourth-order valence-electron chi connectivity index (χ4n) is 1.94. The molecule has 0 saturated carbocycles. The topological polar surface area (TPSA) is 59.2 Å². The van der Waals surface area contributed by atoms with Gasteiger partial charge in [-0.15, -0.1) is 0 Å². The Morgan fingerprint density at radius 1 is 1.05 bits per heavy atom. The molecule has 0 radical (unpaired) electrons. The first kappa shape index (κ1) is 12.9. The standard InChI is InChI=1S/C15H11BrN2O2/c1-9-10(6-4-8-13(9)19)15-17-14(18-20-15)11-5-2-3-7-12(11)16/h2-8,19H,1H3. The van der Waals surface area contributed by atoms with E-state index in [2.05, 4.69) is 26.1 Å². The van der Waals surface area contributed by atoms with Crippen molar-refractivity contribution in [3.63, 3.8) is 0 Å². The van der Waals surface area contributed by atoms with Gasteiger partial charge in [-0.25, -0.2) is 0 Å². The summed E-state index contributed by atoms with van der Waals surface area (Å²) in [5.41, 5.74) is 2.31. The predicted molar refractivity (Wildman–Crippen MR) is 79.3 cm³/mol. The molecule has 0 aliphatic carbocycles. The first-order valence-electron chi connectivity index (χ1n) is 6.04. The second kappa shape index (κ2) is 5.09. The van der Waals surface area contributed by atoms with Gasteiger partial charge in [0.1, 0.15) is 5.75 Å². The predicted octanol–water partition coefficient (Wildman–Crippen LogP) is 4.18. The molecule has 1 heterocycles. The van der Waals surface area contributed by atoms with Crippen molar-refractivity contribution < 1.29 is 9.63 Å². The summed E-state index contributed by atoms with van der Waals surface area (Å²) < 4.78 is 6.21. The molecule has 100 valence electrons. The lowest BCUT2D eigenvalue weighted by molar-refractivity contribution is 0.430. The van der Waals surface area contributed by atoms with E-state index < -0.39 is 0 Å². The molecule has 2 aromatic carbocycles. The van der Waals surface area contributed by atoms with Gasteiger partial charge in [0.15, 0.2) is 0 Å². The Kier molecular flexibility index (Phi) is 3.28. The smallest absolute Gasteiger partial charge is 0.258 e. The third kappa shape index (κ3) is 2.20. The van der Waals surface area contributed by atoms with Crippen molar-refractivity contribution in [3.05, 3.63) is 52.5 Å². The maximum atomic E-state index is 9.73. The van der Waals surface area contributed by atoms with E-state index in [4.69, 9.17) is 4.52 Å². The van der Waals surface area contributed by atoms with Crippen LogP contribution in [0.5, 0.6) is 5.75 Å². The fourth-order valence-corrected chi connectivity index (χ4v) is 2.40. The molecule has 0 aliphatic rings. The van der Waals surface area contributed by atoms with Gasteiger partial charge in [-0.3, -0.25) is 0 Å². The van der Waals surface area contributed by atoms with E-state index in [1.807, 2.05) is 37.3 Å². The Labute approximate surface area is 124 Å². The van der Waals surface area contributed by atoms with Crippen molar-refractivity contribution in [2.45, 2.75) is 6.92 Å². The molecular weight excluding hydrogens is 320 g/mol. The SMILES string of the molecule is Cc1c(O)cccc1-c1nc(-c2ccccc2Br)no1. The second-order valence-corrected chi connectivity index (χ2v) is 5.21. The third-order valence-electron chi connectivity index (χ3n) is 3.08. The number of rotatable bonds is 2. The van der Waals surface area contributed by atoms with Gasteiger partial charge in [-0.2, -0.15) is 4.98 Å². The van der Waals surface area contributed by atoms with Gasteiger partial charge >= 0.3 is 0 Å². The minimum absolute atomic E-state index is 0.211. The highest BCUT2D eigenvalue weighted by Gasteiger charge is 2.15. The Bertz CT molecular complexity index is 768. The van der Waals surface area contributed by atoms with Crippen LogP contribution < -0.4 is 0 Å². The van der Waals surface area contributed by atoms with Crippen LogP contribution in [0, 0.1) is 6.92 Å². The molecule has 0 aliphatic heterocycles. The van der Waals surface area contributed by atoms with Gasteiger partial charge in [0.05, 0.1) is 0 Å². The molecule has 5 heteroatoms. The zero-order valence-corrected chi connectivity index (χ0v) is 12.3. The second-order valence-electron chi connectivity index (χ2n) is 4.35. The normalized spacial score (nSPS) is 10.7. The maximum Gasteiger partial charge on any atom is 0.258 e. The molecule has 4 nitrogen and oxygen atoms in total. The van der Waals surface area contributed by atoms with Crippen LogP contribution in [0.2, 0.25) is 0 Å². The molecule has 0 spiro atoms. The van der Waals surface area contributed by atoms with Crippen LogP contribution >= 0.6 is 15.9 Å². The summed E-state index contributed by atoms with van der Waals surface area (Å²) in [6, 6.07) is 12.9. The summed E-state index contributed by atoms with van der Waals surface area (Å²) >= 11 is 3.46. The first-order valence-corrected chi connectivity index (χ1v) is 6.83. The van der Waals surface area contributed by atoms with Gasteiger partial charge in [-0.05, 0) is 31.2 Å². The van der Waals surface area contributed by atoms with Crippen LogP contribution in [0.25, 0.3) is 22.8 Å². The number of hydrogen-bond acceptors (Lipinski definition) is 4. The monoisotopic (exact) mass is 330 g/mol. The highest BCUT2D eigenvalue weighted by Crippen LogP contribution is 2.31. The molecule has 0 atom stereocenters. The minimum atomic E-state index is 0.211. The van der Waals surface area contributed by atoms with Crippen LogP contribution in [0.4, 0.5) is 0 Å². The molecule has 20 heavy (non-hydrogen) atoms. The highest BCUT2D eigenvalue weighted by atomic mass is 79.9. The zero-order chi connectivity index (χ0) is 14.1. The van der Waals surface area contributed by atoms with E-state index >= 15 is 0 Å². The summed E-state index contributed by atoms with van der Waals surface area (Å²) in [6.07, 6.45) is 0. The Hall–Kier alpha value is -2.14. The average Bonchev–Trinajstić information content (AvgIpc) is 2.92. The average molecular weight is 331 g/mol. The number of benzene rings is 2. The molecule has 0 unspecified atom stereocenters. The Morgan fingerprint density at radius 2 is 1.80 bits per heavy atom.